The van der Waals surface area contributed by atoms with Crippen molar-refractivity contribution < 1.29 is 14.5 Å². The molecule has 0 bridgehead atoms. The monoisotopic (exact) mass is 431 g/mol. The zero-order chi connectivity index (χ0) is 22.9. The van der Waals surface area contributed by atoms with Gasteiger partial charge >= 0.3 is 0 Å². The maximum atomic E-state index is 12.4. The van der Waals surface area contributed by atoms with Gasteiger partial charge in [-0.05, 0) is 36.8 Å². The fourth-order valence-corrected chi connectivity index (χ4v) is 2.99. The van der Waals surface area contributed by atoms with E-state index in [1.54, 1.807) is 30.1 Å². The summed E-state index contributed by atoms with van der Waals surface area (Å²) in [7, 11) is 1.58. The van der Waals surface area contributed by atoms with Crippen molar-refractivity contribution in [3.8, 4) is 23.0 Å². The zero-order valence-electron chi connectivity index (χ0n) is 17.4. The van der Waals surface area contributed by atoms with Crippen LogP contribution in [-0.4, -0.2) is 40.9 Å². The second kappa shape index (κ2) is 10.7. The maximum absolute atomic E-state index is 12.4. The SMILES string of the molecule is COCCCNC(=O)C(C#N)=Cc1cn(-c2ccccc2)nc1-c1ccc([N+](=O)[O-])cc1. The summed E-state index contributed by atoms with van der Waals surface area (Å²) in [6.45, 7) is 0.879. The van der Waals surface area contributed by atoms with Crippen molar-refractivity contribution in [1.29, 1.82) is 5.26 Å². The van der Waals surface area contributed by atoms with Gasteiger partial charge in [-0.3, -0.25) is 14.9 Å². The molecule has 0 atom stereocenters. The van der Waals surface area contributed by atoms with Crippen LogP contribution in [0.1, 0.15) is 12.0 Å². The molecule has 0 aliphatic rings. The van der Waals surface area contributed by atoms with Crippen molar-refractivity contribution in [2.75, 3.05) is 20.3 Å². The third-order valence-electron chi connectivity index (χ3n) is 4.59. The summed E-state index contributed by atoms with van der Waals surface area (Å²) in [4.78, 5) is 22.9. The Bertz CT molecular complexity index is 1160. The van der Waals surface area contributed by atoms with Crippen molar-refractivity contribution in [2.45, 2.75) is 6.42 Å². The summed E-state index contributed by atoms with van der Waals surface area (Å²) in [6, 6.07) is 17.2. The maximum Gasteiger partial charge on any atom is 0.269 e. The van der Waals surface area contributed by atoms with Crippen LogP contribution in [-0.2, 0) is 9.53 Å². The van der Waals surface area contributed by atoms with Gasteiger partial charge in [0, 0.05) is 49.7 Å². The minimum absolute atomic E-state index is 0.0403. The van der Waals surface area contributed by atoms with E-state index < -0.39 is 10.8 Å². The molecular formula is C23H21N5O4. The number of carbonyl (C=O) groups is 1. The molecule has 32 heavy (non-hydrogen) atoms. The number of rotatable bonds is 9. The Morgan fingerprint density at radius 3 is 2.59 bits per heavy atom. The molecule has 1 amide bonds. The van der Waals surface area contributed by atoms with Crippen molar-refractivity contribution in [1.82, 2.24) is 15.1 Å². The van der Waals surface area contributed by atoms with Gasteiger partial charge in [-0.15, -0.1) is 0 Å². The highest BCUT2D eigenvalue weighted by Crippen LogP contribution is 2.27. The lowest BCUT2D eigenvalue weighted by Crippen LogP contribution is -2.26. The Kier molecular flexibility index (Phi) is 7.46. The standard InChI is InChI=1S/C23H21N5O4/c1-32-13-5-12-25-23(29)18(15-24)14-19-16-27(20-6-3-2-4-7-20)26-22(19)17-8-10-21(11-9-17)28(30)31/h2-4,6-11,14,16H,5,12-13H2,1H3,(H,25,29). The van der Waals surface area contributed by atoms with Gasteiger partial charge in [0.05, 0.1) is 10.6 Å². The molecule has 2 aromatic carbocycles. The molecular weight excluding hydrogens is 410 g/mol. The Labute approximate surface area is 184 Å². The first-order valence-electron chi connectivity index (χ1n) is 9.82. The van der Waals surface area contributed by atoms with Gasteiger partial charge < -0.3 is 10.1 Å². The van der Waals surface area contributed by atoms with Crippen molar-refractivity contribution in [2.24, 2.45) is 0 Å². The number of nitriles is 1. The Morgan fingerprint density at radius 1 is 1.25 bits per heavy atom. The predicted octanol–water partition coefficient (Wildman–Crippen LogP) is 3.51. The summed E-state index contributed by atoms with van der Waals surface area (Å²) in [5.74, 6) is -0.495. The highest BCUT2D eigenvalue weighted by molar-refractivity contribution is 6.02. The predicted molar refractivity (Wildman–Crippen MR) is 119 cm³/mol. The molecule has 1 heterocycles. The van der Waals surface area contributed by atoms with Gasteiger partial charge in [-0.2, -0.15) is 10.4 Å². The molecule has 162 valence electrons. The first-order chi connectivity index (χ1) is 15.5. The van der Waals surface area contributed by atoms with E-state index in [0.717, 1.165) is 5.69 Å². The number of nitrogens with one attached hydrogen (secondary N) is 1. The molecule has 3 rings (SSSR count). The van der Waals surface area contributed by atoms with E-state index >= 15 is 0 Å². The number of para-hydroxylation sites is 1. The summed E-state index contributed by atoms with van der Waals surface area (Å²) in [5, 5.41) is 27.8. The summed E-state index contributed by atoms with van der Waals surface area (Å²) < 4.78 is 6.59. The first kappa shape index (κ1) is 22.4. The largest absolute Gasteiger partial charge is 0.385 e. The molecule has 9 heteroatoms. The molecule has 0 spiro atoms. The molecule has 0 fully saturated rings. The summed E-state index contributed by atoms with van der Waals surface area (Å²) in [6.07, 6.45) is 3.80. The van der Waals surface area contributed by atoms with Gasteiger partial charge in [-0.1, -0.05) is 18.2 Å². The Morgan fingerprint density at radius 2 is 1.97 bits per heavy atom. The van der Waals surface area contributed by atoms with E-state index in [-0.39, 0.29) is 11.3 Å². The number of nitro groups is 1. The molecule has 3 aromatic rings. The van der Waals surface area contributed by atoms with Crippen LogP contribution in [0.25, 0.3) is 23.0 Å². The van der Waals surface area contributed by atoms with Gasteiger partial charge in [0.15, 0.2) is 0 Å². The quantitative estimate of drug-likeness (QED) is 0.182. The number of ether oxygens (including phenoxy) is 1. The van der Waals surface area contributed by atoms with E-state index in [9.17, 15) is 20.2 Å². The van der Waals surface area contributed by atoms with Crippen molar-refractivity contribution >= 4 is 17.7 Å². The smallest absolute Gasteiger partial charge is 0.269 e. The van der Waals surface area contributed by atoms with Gasteiger partial charge in [0.1, 0.15) is 17.3 Å². The molecule has 0 aliphatic heterocycles. The average molecular weight is 431 g/mol. The number of benzene rings is 2. The van der Waals surface area contributed by atoms with E-state index in [1.807, 2.05) is 36.4 Å². The minimum atomic E-state index is -0.495. The van der Waals surface area contributed by atoms with E-state index in [0.29, 0.717) is 36.4 Å². The summed E-state index contributed by atoms with van der Waals surface area (Å²) >= 11 is 0. The first-order valence-corrected chi connectivity index (χ1v) is 9.82. The highest BCUT2D eigenvalue weighted by Gasteiger charge is 2.16. The molecule has 0 unspecified atom stereocenters. The van der Waals surface area contributed by atoms with Crippen LogP contribution in [0.4, 0.5) is 5.69 Å². The number of amides is 1. The lowest BCUT2D eigenvalue weighted by atomic mass is 10.1. The van der Waals surface area contributed by atoms with E-state index in [4.69, 9.17) is 4.74 Å². The van der Waals surface area contributed by atoms with Crippen LogP contribution in [0.5, 0.6) is 0 Å². The lowest BCUT2D eigenvalue weighted by molar-refractivity contribution is -0.384. The van der Waals surface area contributed by atoms with Gasteiger partial charge in [0.25, 0.3) is 11.6 Å². The van der Waals surface area contributed by atoms with Crippen LogP contribution >= 0.6 is 0 Å². The number of hydrogen-bond donors (Lipinski definition) is 1. The lowest BCUT2D eigenvalue weighted by Gasteiger charge is -2.04. The number of nitro benzene ring substituents is 1. The molecule has 1 N–H and O–H groups in total. The second-order valence-electron chi connectivity index (χ2n) is 6.79. The molecule has 0 aliphatic carbocycles. The van der Waals surface area contributed by atoms with Crippen molar-refractivity contribution in [3.05, 3.63) is 82.0 Å². The number of nitrogens with zero attached hydrogens (tertiary/aromatic N) is 4. The van der Waals surface area contributed by atoms with Crippen LogP contribution in [0.2, 0.25) is 0 Å². The molecule has 0 radical (unpaired) electrons. The van der Waals surface area contributed by atoms with E-state index in [1.165, 1.54) is 18.2 Å². The van der Waals surface area contributed by atoms with Crippen LogP contribution in [0, 0.1) is 21.4 Å². The number of non-ortho nitro benzene ring substituents is 1. The molecule has 0 saturated carbocycles. The van der Waals surface area contributed by atoms with Gasteiger partial charge in [-0.25, -0.2) is 4.68 Å². The number of hydrogen-bond acceptors (Lipinski definition) is 6. The summed E-state index contributed by atoms with van der Waals surface area (Å²) in [5.41, 5.74) is 2.32. The van der Waals surface area contributed by atoms with Crippen LogP contribution in [0.3, 0.4) is 0 Å². The topological polar surface area (TPSA) is 123 Å². The fourth-order valence-electron chi connectivity index (χ4n) is 2.99. The second-order valence-corrected chi connectivity index (χ2v) is 6.79. The van der Waals surface area contributed by atoms with Crippen LogP contribution < -0.4 is 5.32 Å². The third kappa shape index (κ3) is 5.44. The Hall–Kier alpha value is -4.29. The molecule has 0 saturated heterocycles. The van der Waals surface area contributed by atoms with Crippen LogP contribution in [0.15, 0.2) is 66.4 Å². The van der Waals surface area contributed by atoms with Crippen molar-refractivity contribution in [3.63, 3.8) is 0 Å². The normalized spacial score (nSPS) is 11.1. The number of aromatic nitrogens is 2. The number of carbonyl (C=O) groups excluding carboxylic acids is 1. The Balaban J connectivity index is 2.00. The van der Waals surface area contributed by atoms with E-state index in [2.05, 4.69) is 10.4 Å². The molecule has 9 nitrogen and oxygen atoms in total. The average Bonchev–Trinajstić information content (AvgIpc) is 3.24. The number of methoxy groups -OCH3 is 1. The third-order valence-corrected chi connectivity index (χ3v) is 4.59. The minimum Gasteiger partial charge on any atom is -0.385 e. The van der Waals surface area contributed by atoms with Gasteiger partial charge in [0.2, 0.25) is 0 Å². The fraction of sp³-hybridized carbons (Fsp3) is 0.174. The highest BCUT2D eigenvalue weighted by atomic mass is 16.6. The molecule has 1 aromatic heterocycles. The zero-order valence-corrected chi connectivity index (χ0v) is 17.4.